The molecule has 0 saturated heterocycles. The largest absolute Gasteiger partial charge is 0.513 e. The highest BCUT2D eigenvalue weighted by molar-refractivity contribution is 5.75. The molecular formula is C28H46N2O6. The molecule has 0 fully saturated rings. The second kappa shape index (κ2) is 21.6. The lowest BCUT2D eigenvalue weighted by Gasteiger charge is -2.07. The second-order valence-electron chi connectivity index (χ2n) is 9.35. The van der Waals surface area contributed by atoms with Crippen LogP contribution < -0.4 is 10.1 Å². The third kappa shape index (κ3) is 17.7. The summed E-state index contributed by atoms with van der Waals surface area (Å²) in [5.74, 6) is 0.195. The summed E-state index contributed by atoms with van der Waals surface area (Å²) in [5.41, 5.74) is -0.0872. The van der Waals surface area contributed by atoms with Gasteiger partial charge >= 0.3 is 6.16 Å². The van der Waals surface area contributed by atoms with Crippen molar-refractivity contribution in [2.45, 2.75) is 116 Å². The van der Waals surface area contributed by atoms with Gasteiger partial charge in [-0.15, -0.1) is 0 Å². The van der Waals surface area contributed by atoms with E-state index in [2.05, 4.69) is 12.2 Å². The predicted molar refractivity (Wildman–Crippen MR) is 142 cm³/mol. The number of nitro benzene ring substituents is 1. The highest BCUT2D eigenvalue weighted by Gasteiger charge is 2.09. The van der Waals surface area contributed by atoms with Crippen LogP contribution in [0.1, 0.15) is 116 Å². The number of rotatable bonds is 22. The molecular weight excluding hydrogens is 460 g/mol. The number of benzene rings is 1. The van der Waals surface area contributed by atoms with E-state index < -0.39 is 11.1 Å². The summed E-state index contributed by atoms with van der Waals surface area (Å²) < 4.78 is 9.89. The van der Waals surface area contributed by atoms with Gasteiger partial charge < -0.3 is 14.8 Å². The van der Waals surface area contributed by atoms with E-state index >= 15 is 0 Å². The van der Waals surface area contributed by atoms with Gasteiger partial charge in [-0.05, 0) is 25.0 Å². The van der Waals surface area contributed by atoms with Gasteiger partial charge in [-0.1, -0.05) is 96.8 Å². The lowest BCUT2D eigenvalue weighted by Crippen LogP contribution is -2.25. The van der Waals surface area contributed by atoms with E-state index in [1.807, 2.05) is 0 Å². The third-order valence-electron chi connectivity index (χ3n) is 6.12. The van der Waals surface area contributed by atoms with Gasteiger partial charge in [0, 0.05) is 25.1 Å². The van der Waals surface area contributed by atoms with Crippen LogP contribution in [-0.2, 0) is 9.53 Å². The Bertz CT molecular complexity index is 723. The molecule has 1 N–H and O–H groups in total. The number of ether oxygens (including phenoxy) is 2. The molecule has 0 aliphatic heterocycles. The van der Waals surface area contributed by atoms with Crippen molar-refractivity contribution >= 4 is 17.7 Å². The maximum Gasteiger partial charge on any atom is 0.513 e. The molecule has 0 aliphatic carbocycles. The smallest absolute Gasteiger partial charge is 0.434 e. The third-order valence-corrected chi connectivity index (χ3v) is 6.12. The van der Waals surface area contributed by atoms with Crippen molar-refractivity contribution in [1.29, 1.82) is 0 Å². The van der Waals surface area contributed by atoms with Crippen LogP contribution in [0.15, 0.2) is 24.3 Å². The highest BCUT2D eigenvalue weighted by atomic mass is 16.7. The first kappa shape index (κ1) is 31.4. The molecule has 0 bridgehead atoms. The Labute approximate surface area is 216 Å². The summed E-state index contributed by atoms with van der Waals surface area (Å²) >= 11 is 0. The number of non-ortho nitro benzene ring substituents is 1. The Morgan fingerprint density at radius 1 is 0.778 bits per heavy atom. The Hall–Kier alpha value is -2.64. The number of nitro groups is 1. The van der Waals surface area contributed by atoms with Gasteiger partial charge in [-0.2, -0.15) is 0 Å². The molecule has 0 atom stereocenters. The second-order valence-corrected chi connectivity index (χ2v) is 9.35. The lowest BCUT2D eigenvalue weighted by atomic mass is 10.0. The molecule has 204 valence electrons. The van der Waals surface area contributed by atoms with E-state index in [1.165, 1.54) is 108 Å². The summed E-state index contributed by atoms with van der Waals surface area (Å²) in [7, 11) is 0. The van der Waals surface area contributed by atoms with Gasteiger partial charge in [0.05, 0.1) is 11.5 Å². The van der Waals surface area contributed by atoms with Gasteiger partial charge in [0.1, 0.15) is 5.75 Å². The SMILES string of the molecule is CCCCCCCCCCCCCCCCCC(=O)NCCCOC(=O)Oc1ccc([N+](=O)[O-])cc1. The normalized spacial score (nSPS) is 10.7. The molecule has 0 spiro atoms. The first-order chi connectivity index (χ1) is 17.5. The number of hydrogen-bond acceptors (Lipinski definition) is 6. The van der Waals surface area contributed by atoms with E-state index in [4.69, 9.17) is 9.47 Å². The molecule has 0 radical (unpaired) electrons. The van der Waals surface area contributed by atoms with Crippen LogP contribution in [0.5, 0.6) is 5.75 Å². The lowest BCUT2D eigenvalue weighted by molar-refractivity contribution is -0.384. The van der Waals surface area contributed by atoms with Crippen molar-refractivity contribution in [3.05, 3.63) is 34.4 Å². The Balaban J connectivity index is 1.85. The molecule has 0 saturated carbocycles. The van der Waals surface area contributed by atoms with Crippen molar-refractivity contribution in [2.24, 2.45) is 0 Å². The molecule has 8 nitrogen and oxygen atoms in total. The van der Waals surface area contributed by atoms with Gasteiger partial charge in [0.25, 0.3) is 5.69 Å². The van der Waals surface area contributed by atoms with Crippen LogP contribution in [0.25, 0.3) is 0 Å². The number of unbranched alkanes of at least 4 members (excludes halogenated alkanes) is 14. The predicted octanol–water partition coefficient (Wildman–Crippen LogP) is 7.88. The molecule has 0 unspecified atom stereocenters. The van der Waals surface area contributed by atoms with Gasteiger partial charge in [-0.3, -0.25) is 14.9 Å². The zero-order valence-electron chi connectivity index (χ0n) is 22.1. The number of carbonyl (C=O) groups excluding carboxylic acids is 2. The highest BCUT2D eigenvalue weighted by Crippen LogP contribution is 2.18. The standard InChI is InChI=1S/C28H46N2O6/c1-2-3-4-5-6-7-8-9-10-11-12-13-14-15-16-18-27(31)29-23-17-24-35-28(32)36-26-21-19-25(20-22-26)30(33)34/h19-22H,2-18,23-24H2,1H3,(H,29,31). The Morgan fingerprint density at radius 3 is 1.78 bits per heavy atom. The quantitative estimate of drug-likeness (QED) is 0.0563. The van der Waals surface area contributed by atoms with Crippen molar-refractivity contribution in [1.82, 2.24) is 5.32 Å². The maximum absolute atomic E-state index is 11.9. The van der Waals surface area contributed by atoms with Crippen molar-refractivity contribution in [2.75, 3.05) is 13.2 Å². The summed E-state index contributed by atoms with van der Waals surface area (Å²) in [6.45, 7) is 2.81. The fourth-order valence-electron chi connectivity index (χ4n) is 3.96. The zero-order chi connectivity index (χ0) is 26.3. The molecule has 8 heteroatoms. The van der Waals surface area contributed by atoms with E-state index in [0.717, 1.165) is 12.8 Å². The van der Waals surface area contributed by atoms with Crippen LogP contribution in [0, 0.1) is 10.1 Å². The molecule has 1 amide bonds. The average Bonchev–Trinajstić information content (AvgIpc) is 2.86. The molecule has 1 aromatic rings. The molecule has 0 aliphatic rings. The zero-order valence-corrected chi connectivity index (χ0v) is 22.1. The van der Waals surface area contributed by atoms with Crippen LogP contribution in [0.2, 0.25) is 0 Å². The van der Waals surface area contributed by atoms with Crippen molar-refractivity contribution in [3.8, 4) is 5.75 Å². The van der Waals surface area contributed by atoms with E-state index in [-0.39, 0.29) is 24.0 Å². The number of amides is 1. The number of carbonyl (C=O) groups is 2. The first-order valence-corrected chi connectivity index (χ1v) is 13.9. The van der Waals surface area contributed by atoms with Crippen molar-refractivity contribution < 1.29 is 24.0 Å². The number of nitrogens with one attached hydrogen (secondary N) is 1. The van der Waals surface area contributed by atoms with Gasteiger partial charge in [-0.25, -0.2) is 4.79 Å². The summed E-state index contributed by atoms with van der Waals surface area (Å²) in [5, 5.41) is 13.4. The summed E-state index contributed by atoms with van der Waals surface area (Å²) in [6, 6.07) is 5.16. The van der Waals surface area contributed by atoms with E-state index in [0.29, 0.717) is 19.4 Å². The van der Waals surface area contributed by atoms with Crippen LogP contribution >= 0.6 is 0 Å². The molecule has 36 heavy (non-hydrogen) atoms. The van der Waals surface area contributed by atoms with Gasteiger partial charge in [0.15, 0.2) is 0 Å². The fraction of sp³-hybridized carbons (Fsp3) is 0.714. The molecule has 0 aromatic heterocycles. The summed E-state index contributed by atoms with van der Waals surface area (Å²) in [6.07, 6.45) is 19.6. The minimum Gasteiger partial charge on any atom is -0.434 e. The number of nitrogens with zero attached hydrogens (tertiary/aromatic N) is 1. The minimum absolute atomic E-state index is 0.0261. The van der Waals surface area contributed by atoms with Crippen LogP contribution in [-0.4, -0.2) is 30.1 Å². The Kier molecular flexibility index (Phi) is 18.9. The van der Waals surface area contributed by atoms with Crippen molar-refractivity contribution in [3.63, 3.8) is 0 Å². The topological polar surface area (TPSA) is 108 Å². The van der Waals surface area contributed by atoms with E-state index in [1.54, 1.807) is 0 Å². The number of hydrogen-bond donors (Lipinski definition) is 1. The monoisotopic (exact) mass is 506 g/mol. The van der Waals surface area contributed by atoms with Crippen LogP contribution in [0.4, 0.5) is 10.5 Å². The van der Waals surface area contributed by atoms with Gasteiger partial charge in [0.2, 0.25) is 5.91 Å². The molecule has 0 heterocycles. The Morgan fingerprint density at radius 2 is 1.28 bits per heavy atom. The van der Waals surface area contributed by atoms with E-state index in [9.17, 15) is 19.7 Å². The van der Waals surface area contributed by atoms with Crippen LogP contribution in [0.3, 0.4) is 0 Å². The summed E-state index contributed by atoms with van der Waals surface area (Å²) in [4.78, 5) is 33.6. The first-order valence-electron chi connectivity index (χ1n) is 13.9. The molecule has 1 rings (SSSR count). The molecule has 1 aromatic carbocycles. The maximum atomic E-state index is 11.9. The average molecular weight is 507 g/mol. The minimum atomic E-state index is -0.881. The fourth-order valence-corrected chi connectivity index (χ4v) is 3.96.